The summed E-state index contributed by atoms with van der Waals surface area (Å²) in [5.74, 6) is 0. The third-order valence-electron chi connectivity index (χ3n) is 2.86. The summed E-state index contributed by atoms with van der Waals surface area (Å²) >= 11 is 3.60. The third-order valence-corrected chi connectivity index (χ3v) is 62.4. The first-order chi connectivity index (χ1) is 4.50. The molecule has 0 atom stereocenters. The summed E-state index contributed by atoms with van der Waals surface area (Å²) in [5.41, 5.74) is -0.954. The van der Waals surface area contributed by atoms with Gasteiger partial charge in [0.1, 0.15) is 0 Å². The molecule has 0 N–H and O–H groups in total. The van der Waals surface area contributed by atoms with E-state index in [1.165, 1.54) is 0 Å². The predicted octanol–water partition coefficient (Wildman–Crippen LogP) is 2.56. The van der Waals surface area contributed by atoms with E-state index in [9.17, 15) is 0 Å². The van der Waals surface area contributed by atoms with Gasteiger partial charge in [0.05, 0.1) is 0 Å². The molecular formula is C7H21SeSi3-. The first kappa shape index (κ1) is 12.2. The second-order valence-electron chi connectivity index (χ2n) is 5.53. The van der Waals surface area contributed by atoms with Gasteiger partial charge >= 0.3 is 82.1 Å². The summed E-state index contributed by atoms with van der Waals surface area (Å²) in [6.45, 7) is 17.7. The summed E-state index contributed by atoms with van der Waals surface area (Å²) in [6.07, 6.45) is 0. The van der Waals surface area contributed by atoms with Crippen LogP contribution in [-0.4, -0.2) is 36.3 Å². The van der Waals surface area contributed by atoms with E-state index in [1.54, 1.807) is 0 Å². The van der Waals surface area contributed by atoms with Gasteiger partial charge in [-0.05, 0) is 0 Å². The van der Waals surface area contributed by atoms with Crippen molar-refractivity contribution in [2.45, 2.75) is 45.8 Å². The van der Waals surface area contributed by atoms with Crippen molar-refractivity contribution < 1.29 is 0 Å². The molecule has 0 aromatic carbocycles. The van der Waals surface area contributed by atoms with Crippen LogP contribution < -0.4 is 0 Å². The average Bonchev–Trinajstić information content (AvgIpc) is 1.58. The predicted molar refractivity (Wildman–Crippen MR) is 64.1 cm³/mol. The maximum absolute atomic E-state index is 3.60. The molecule has 0 heterocycles. The van der Waals surface area contributed by atoms with E-state index in [0.29, 0.717) is 0 Å². The Hall–Kier alpha value is 1.17. The standard InChI is InChI=1S/C7H21SeSi3/c1-9(2,3)11(7,8)10(4,5)6/h1-7H3/q-1. The molecule has 68 valence electrons. The molecule has 0 rings (SSSR count). The van der Waals surface area contributed by atoms with Gasteiger partial charge in [0.15, 0.2) is 0 Å². The molecule has 11 heavy (non-hydrogen) atoms. The zero-order valence-electron chi connectivity index (χ0n) is 8.91. The van der Waals surface area contributed by atoms with Gasteiger partial charge in [0, 0.05) is 0 Å². The molecule has 0 nitrogen and oxygen atoms in total. The topological polar surface area (TPSA) is 0 Å². The van der Waals surface area contributed by atoms with Gasteiger partial charge in [-0.2, -0.15) is 0 Å². The van der Waals surface area contributed by atoms with Crippen LogP contribution in [0.15, 0.2) is 0 Å². The molecular weight excluding hydrogens is 247 g/mol. The average molecular weight is 268 g/mol. The summed E-state index contributed by atoms with van der Waals surface area (Å²) in [5, 5.41) is 0. The van der Waals surface area contributed by atoms with Crippen molar-refractivity contribution in [3.05, 3.63) is 0 Å². The van der Waals surface area contributed by atoms with Crippen LogP contribution in [-0.2, 0) is 0 Å². The van der Waals surface area contributed by atoms with E-state index in [0.717, 1.165) is 0 Å². The van der Waals surface area contributed by atoms with E-state index in [1.807, 2.05) is 0 Å². The monoisotopic (exact) mass is 269 g/mol. The van der Waals surface area contributed by atoms with E-state index in [2.05, 4.69) is 61.2 Å². The van der Waals surface area contributed by atoms with Crippen molar-refractivity contribution in [1.82, 2.24) is 0 Å². The van der Waals surface area contributed by atoms with Gasteiger partial charge in [-0.25, -0.2) is 0 Å². The Balaban J connectivity index is 4.75. The van der Waals surface area contributed by atoms with Gasteiger partial charge < -0.3 is 0 Å². The van der Waals surface area contributed by atoms with Gasteiger partial charge in [0.2, 0.25) is 0 Å². The Morgan fingerprint density at radius 3 is 0.818 bits per heavy atom. The van der Waals surface area contributed by atoms with Crippen LogP contribution in [0, 0.1) is 0 Å². The Labute approximate surface area is 82.0 Å². The Morgan fingerprint density at radius 2 is 0.818 bits per heavy atom. The summed E-state index contributed by atoms with van der Waals surface area (Å²) in [7, 11) is -1.75. The zero-order chi connectivity index (χ0) is 9.50. The van der Waals surface area contributed by atoms with Crippen LogP contribution in [0.2, 0.25) is 45.8 Å². The Kier molecular flexibility index (Phi) is 3.48. The Morgan fingerprint density at radius 1 is 0.636 bits per heavy atom. The van der Waals surface area contributed by atoms with Gasteiger partial charge in [0.25, 0.3) is 0 Å². The second kappa shape index (κ2) is 3.14. The number of hydrogen-bond acceptors (Lipinski definition) is 0. The van der Waals surface area contributed by atoms with Crippen LogP contribution in [0.5, 0.6) is 0 Å². The molecule has 4 heteroatoms. The first-order valence-corrected chi connectivity index (χ1v) is 18.2. The van der Waals surface area contributed by atoms with Gasteiger partial charge in [-0.3, -0.25) is 0 Å². The van der Waals surface area contributed by atoms with Crippen LogP contribution in [0.3, 0.4) is 0 Å². The van der Waals surface area contributed by atoms with Crippen molar-refractivity contribution in [2.24, 2.45) is 0 Å². The molecule has 0 unspecified atom stereocenters. The van der Waals surface area contributed by atoms with Crippen molar-refractivity contribution >= 4 is 36.3 Å². The van der Waals surface area contributed by atoms with Crippen molar-refractivity contribution in [1.29, 1.82) is 0 Å². The molecule has 0 bridgehead atoms. The fourth-order valence-electron chi connectivity index (χ4n) is 1.12. The Bertz CT molecular complexity index is 125. The molecule has 0 fully saturated rings. The quantitative estimate of drug-likeness (QED) is 0.675. The molecule has 0 aromatic rings. The van der Waals surface area contributed by atoms with Crippen LogP contribution in [0.1, 0.15) is 0 Å². The summed E-state index contributed by atoms with van der Waals surface area (Å²) in [6, 6.07) is 0. The van der Waals surface area contributed by atoms with E-state index >= 15 is 0 Å². The number of rotatable bonds is 2. The fourth-order valence-corrected chi connectivity index (χ4v) is 30.4. The fraction of sp³-hybridized carbons (Fsp3) is 1.00. The van der Waals surface area contributed by atoms with E-state index in [4.69, 9.17) is 0 Å². The zero-order valence-corrected chi connectivity index (χ0v) is 13.6. The molecule has 0 amide bonds. The molecule has 0 aromatic heterocycles. The van der Waals surface area contributed by atoms with Crippen molar-refractivity contribution in [3.63, 3.8) is 0 Å². The minimum absolute atomic E-state index is 0.875. The number of hydrogen-bond donors (Lipinski definition) is 0. The molecule has 0 saturated carbocycles. The van der Waals surface area contributed by atoms with Crippen LogP contribution in [0.25, 0.3) is 0 Å². The summed E-state index contributed by atoms with van der Waals surface area (Å²) < 4.78 is 0. The molecule has 0 spiro atoms. The van der Waals surface area contributed by atoms with Crippen molar-refractivity contribution in [3.8, 4) is 0 Å². The first-order valence-electron chi connectivity index (χ1n) is 4.20. The SMILES string of the molecule is C[Si](C)(C)[Si](C)([Se-])[Si](C)(C)C. The third kappa shape index (κ3) is 2.56. The maximum atomic E-state index is 3.60. The van der Waals surface area contributed by atoms with E-state index in [-0.39, 0.29) is 0 Å². The minimum atomic E-state index is -0.954. The molecule has 0 aliphatic rings. The molecule has 0 radical (unpaired) electrons. The second-order valence-corrected chi connectivity index (χ2v) is 43.1. The van der Waals surface area contributed by atoms with Crippen molar-refractivity contribution in [2.75, 3.05) is 0 Å². The van der Waals surface area contributed by atoms with Gasteiger partial charge in [-0.15, -0.1) is 0 Å². The molecule has 0 saturated heterocycles. The molecule has 0 aliphatic heterocycles. The van der Waals surface area contributed by atoms with Gasteiger partial charge in [-0.1, -0.05) is 0 Å². The van der Waals surface area contributed by atoms with Crippen LogP contribution >= 0.6 is 0 Å². The summed E-state index contributed by atoms with van der Waals surface area (Å²) in [4.78, 5) is 0. The normalized spacial score (nSPS) is 15.3. The molecule has 0 aliphatic carbocycles. The van der Waals surface area contributed by atoms with E-state index < -0.39 is 20.9 Å². The van der Waals surface area contributed by atoms with Crippen LogP contribution in [0.4, 0.5) is 0 Å².